The van der Waals surface area contributed by atoms with Gasteiger partial charge in [0, 0.05) is 35.9 Å². The highest BCUT2D eigenvalue weighted by atomic mass is 35.5. The number of halogens is 1. The van der Waals surface area contributed by atoms with E-state index in [2.05, 4.69) is 23.1 Å². The Balaban J connectivity index is 1.43. The lowest BCUT2D eigenvalue weighted by Gasteiger charge is -2.38. The van der Waals surface area contributed by atoms with Crippen LogP contribution in [0.15, 0.2) is 66.7 Å². The van der Waals surface area contributed by atoms with Crippen LogP contribution >= 0.6 is 11.6 Å². The number of methoxy groups -OCH3 is 1. The second-order valence-electron chi connectivity index (χ2n) is 9.19. The van der Waals surface area contributed by atoms with Gasteiger partial charge in [0.2, 0.25) is 0 Å². The fourth-order valence-electron chi connectivity index (χ4n) is 5.10. The lowest BCUT2D eigenvalue weighted by molar-refractivity contribution is 0.0590. The molecule has 1 amide bonds. The molecule has 0 spiro atoms. The van der Waals surface area contributed by atoms with Crippen LogP contribution in [0, 0.1) is 0 Å². The summed E-state index contributed by atoms with van der Waals surface area (Å²) in [4.78, 5) is 18.0. The summed E-state index contributed by atoms with van der Waals surface area (Å²) >= 11 is 6.19. The van der Waals surface area contributed by atoms with Crippen molar-refractivity contribution in [2.24, 2.45) is 0 Å². The van der Waals surface area contributed by atoms with Crippen LogP contribution in [0.5, 0.6) is 11.5 Å². The molecule has 1 saturated heterocycles. The smallest absolute Gasteiger partial charge is 0.254 e. The number of nitrogens with zero attached hydrogens (tertiary/aromatic N) is 2. The number of hydrogen-bond donors (Lipinski definition) is 0. The van der Waals surface area contributed by atoms with Crippen molar-refractivity contribution in [2.75, 3.05) is 38.3 Å². The molecule has 6 heteroatoms. The second-order valence-corrected chi connectivity index (χ2v) is 9.63. The molecule has 1 fully saturated rings. The molecule has 0 saturated carbocycles. The minimum Gasteiger partial charge on any atom is -0.497 e. The van der Waals surface area contributed by atoms with Crippen molar-refractivity contribution in [1.82, 2.24) is 4.90 Å². The maximum Gasteiger partial charge on any atom is 0.254 e. The first-order valence-electron chi connectivity index (χ1n) is 12.3. The number of ether oxygens (including phenoxy) is 2. The van der Waals surface area contributed by atoms with E-state index in [1.807, 2.05) is 41.3 Å². The highest BCUT2D eigenvalue weighted by molar-refractivity contribution is 6.30. The summed E-state index contributed by atoms with van der Waals surface area (Å²) in [5.74, 6) is 1.50. The minimum absolute atomic E-state index is 0.0263. The molecular formula is C29H31ClN2O3. The zero-order valence-corrected chi connectivity index (χ0v) is 20.8. The molecule has 3 aromatic carbocycles. The van der Waals surface area contributed by atoms with Gasteiger partial charge in [0.05, 0.1) is 13.2 Å². The lowest BCUT2D eigenvalue weighted by atomic mass is 9.91. The van der Waals surface area contributed by atoms with E-state index < -0.39 is 0 Å². The largest absolute Gasteiger partial charge is 0.497 e. The fraction of sp³-hybridized carbons (Fsp3) is 0.345. The Kier molecular flexibility index (Phi) is 7.14. The highest BCUT2D eigenvalue weighted by Crippen LogP contribution is 2.35. The van der Waals surface area contributed by atoms with E-state index in [1.54, 1.807) is 19.2 Å². The third-order valence-electron chi connectivity index (χ3n) is 7.00. The van der Waals surface area contributed by atoms with E-state index in [-0.39, 0.29) is 11.9 Å². The Labute approximate surface area is 212 Å². The molecular weight excluding hydrogens is 460 g/mol. The quantitative estimate of drug-likeness (QED) is 0.415. The van der Waals surface area contributed by atoms with Crippen molar-refractivity contribution >= 4 is 23.2 Å². The van der Waals surface area contributed by atoms with Gasteiger partial charge in [0.15, 0.2) is 0 Å². The molecule has 35 heavy (non-hydrogen) atoms. The van der Waals surface area contributed by atoms with Gasteiger partial charge < -0.3 is 19.3 Å². The van der Waals surface area contributed by atoms with E-state index in [1.165, 1.54) is 30.5 Å². The Bertz CT molecular complexity index is 1170. The van der Waals surface area contributed by atoms with Gasteiger partial charge in [-0.25, -0.2) is 0 Å². The molecule has 2 heterocycles. The van der Waals surface area contributed by atoms with Crippen LogP contribution in [-0.2, 0) is 6.42 Å². The number of fused-ring (bicyclic) bond motifs is 1. The van der Waals surface area contributed by atoms with Crippen LogP contribution in [0.1, 0.15) is 46.8 Å². The summed E-state index contributed by atoms with van der Waals surface area (Å²) in [5.41, 5.74) is 4.33. The van der Waals surface area contributed by atoms with Gasteiger partial charge in [-0.15, -0.1) is 0 Å². The average Bonchev–Trinajstić information content (AvgIpc) is 2.91. The third kappa shape index (κ3) is 5.25. The average molecular weight is 491 g/mol. The SMILES string of the molecule is COc1ccc(OCC2c3ccc(N4CCCCC4)cc3CCN2C(=O)c2cccc(Cl)c2)cc1. The van der Waals surface area contributed by atoms with E-state index >= 15 is 0 Å². The summed E-state index contributed by atoms with van der Waals surface area (Å²) in [6.45, 7) is 3.23. The van der Waals surface area contributed by atoms with Crippen molar-refractivity contribution in [3.05, 3.63) is 88.4 Å². The standard InChI is InChI=1S/C29H31ClN2O3/c1-34-25-9-11-26(12-10-25)35-20-28-27-13-8-24(31-15-3-2-4-16-31)19-21(27)14-17-32(28)29(33)22-6-5-7-23(30)18-22/h5-13,18-19,28H,2-4,14-17,20H2,1H3. The van der Waals surface area contributed by atoms with Gasteiger partial charge >= 0.3 is 0 Å². The maximum atomic E-state index is 13.6. The number of hydrogen-bond acceptors (Lipinski definition) is 4. The predicted molar refractivity (Wildman–Crippen MR) is 140 cm³/mol. The predicted octanol–water partition coefficient (Wildman–Crippen LogP) is 6.16. The third-order valence-corrected chi connectivity index (χ3v) is 7.24. The first-order chi connectivity index (χ1) is 17.1. The van der Waals surface area contributed by atoms with Gasteiger partial charge in [-0.1, -0.05) is 23.7 Å². The number of anilines is 1. The van der Waals surface area contributed by atoms with E-state index in [4.69, 9.17) is 21.1 Å². The molecule has 182 valence electrons. The Hall–Kier alpha value is -3.18. The van der Waals surface area contributed by atoms with Gasteiger partial charge in [-0.05, 0) is 91.4 Å². The lowest BCUT2D eigenvalue weighted by Crippen LogP contribution is -2.42. The summed E-state index contributed by atoms with van der Waals surface area (Å²) in [6.07, 6.45) is 4.63. The molecule has 0 radical (unpaired) electrons. The van der Waals surface area contributed by atoms with Gasteiger partial charge in [-0.3, -0.25) is 4.79 Å². The summed E-state index contributed by atoms with van der Waals surface area (Å²) in [5, 5.41) is 0.561. The Morgan fingerprint density at radius 1 is 0.943 bits per heavy atom. The Morgan fingerprint density at radius 3 is 2.46 bits per heavy atom. The second kappa shape index (κ2) is 10.6. The van der Waals surface area contributed by atoms with E-state index in [0.29, 0.717) is 23.7 Å². The van der Waals surface area contributed by atoms with Crippen molar-refractivity contribution < 1.29 is 14.3 Å². The molecule has 0 N–H and O–H groups in total. The first-order valence-corrected chi connectivity index (χ1v) is 12.7. The normalized spacial score (nSPS) is 17.6. The van der Waals surface area contributed by atoms with E-state index in [0.717, 1.165) is 36.6 Å². The summed E-state index contributed by atoms with van der Waals surface area (Å²) in [6, 6.07) is 21.2. The van der Waals surface area contributed by atoms with Crippen molar-refractivity contribution in [2.45, 2.75) is 31.7 Å². The molecule has 1 unspecified atom stereocenters. The monoisotopic (exact) mass is 490 g/mol. The van der Waals surface area contributed by atoms with Gasteiger partial charge in [0.1, 0.15) is 18.1 Å². The molecule has 0 bridgehead atoms. The molecule has 0 aromatic heterocycles. The molecule has 1 atom stereocenters. The molecule has 3 aromatic rings. The highest BCUT2D eigenvalue weighted by Gasteiger charge is 2.32. The maximum absolute atomic E-state index is 13.6. The number of piperidine rings is 1. The van der Waals surface area contributed by atoms with Crippen LogP contribution in [-0.4, -0.2) is 44.2 Å². The fourth-order valence-corrected chi connectivity index (χ4v) is 5.29. The van der Waals surface area contributed by atoms with Gasteiger partial charge in [0.25, 0.3) is 5.91 Å². The summed E-state index contributed by atoms with van der Waals surface area (Å²) in [7, 11) is 1.65. The zero-order valence-electron chi connectivity index (χ0n) is 20.1. The van der Waals surface area contributed by atoms with Crippen LogP contribution in [0.4, 0.5) is 5.69 Å². The van der Waals surface area contributed by atoms with Crippen LogP contribution in [0.3, 0.4) is 0 Å². The minimum atomic E-state index is -0.192. The number of rotatable bonds is 6. The number of carbonyl (C=O) groups is 1. The number of carbonyl (C=O) groups excluding carboxylic acids is 1. The van der Waals surface area contributed by atoms with Gasteiger partial charge in [-0.2, -0.15) is 0 Å². The summed E-state index contributed by atoms with van der Waals surface area (Å²) < 4.78 is 11.5. The zero-order chi connectivity index (χ0) is 24.2. The number of benzene rings is 3. The topological polar surface area (TPSA) is 42.0 Å². The van der Waals surface area contributed by atoms with Crippen molar-refractivity contribution in [3.63, 3.8) is 0 Å². The molecule has 5 rings (SSSR count). The molecule has 5 nitrogen and oxygen atoms in total. The van der Waals surface area contributed by atoms with Crippen LogP contribution in [0.25, 0.3) is 0 Å². The molecule has 2 aliphatic heterocycles. The first kappa shape index (κ1) is 23.6. The van der Waals surface area contributed by atoms with Crippen molar-refractivity contribution in [1.29, 1.82) is 0 Å². The van der Waals surface area contributed by atoms with Crippen molar-refractivity contribution in [3.8, 4) is 11.5 Å². The molecule has 2 aliphatic rings. The Morgan fingerprint density at radius 2 is 1.71 bits per heavy atom. The molecule has 0 aliphatic carbocycles. The van der Waals surface area contributed by atoms with Crippen LogP contribution < -0.4 is 14.4 Å². The van der Waals surface area contributed by atoms with E-state index in [9.17, 15) is 4.79 Å². The number of amides is 1. The van der Waals surface area contributed by atoms with Crippen LogP contribution in [0.2, 0.25) is 5.02 Å².